The average molecular weight is 392 g/mol. The van der Waals surface area contributed by atoms with E-state index in [1.54, 1.807) is 12.1 Å². The van der Waals surface area contributed by atoms with E-state index in [1.165, 1.54) is 30.3 Å². The molecule has 1 aliphatic heterocycles. The number of aromatic carboxylic acids is 1. The zero-order valence-electron chi connectivity index (χ0n) is 13.1. The van der Waals surface area contributed by atoms with Crippen LogP contribution in [0.25, 0.3) is 6.08 Å². The molecule has 1 saturated heterocycles. The normalized spacial score (nSPS) is 15.8. The number of hydrogen-bond acceptors (Lipinski definition) is 4. The molecule has 1 N–H and O–H groups in total. The Morgan fingerprint density at radius 1 is 1.23 bits per heavy atom. The number of carbonyl (C=O) groups excluding carboxylic acids is 2. The van der Waals surface area contributed by atoms with E-state index in [4.69, 9.17) is 16.7 Å². The quantitative estimate of drug-likeness (QED) is 0.781. The average Bonchev–Trinajstić information content (AvgIpc) is 2.84. The molecule has 0 bridgehead atoms. The fourth-order valence-electron chi connectivity index (χ4n) is 2.37. The highest BCUT2D eigenvalue weighted by Gasteiger charge is 2.35. The van der Waals surface area contributed by atoms with Crippen LogP contribution in [-0.2, 0) is 11.3 Å². The number of rotatable bonds is 4. The maximum Gasteiger partial charge on any atom is 0.335 e. The molecule has 1 fully saturated rings. The summed E-state index contributed by atoms with van der Waals surface area (Å²) in [7, 11) is 0. The molecule has 132 valence electrons. The zero-order chi connectivity index (χ0) is 18.8. The second-order valence-electron chi connectivity index (χ2n) is 5.43. The molecule has 0 spiro atoms. The Balaban J connectivity index is 1.84. The third-order valence-corrected chi connectivity index (χ3v) is 4.91. The van der Waals surface area contributed by atoms with Crippen molar-refractivity contribution in [1.82, 2.24) is 4.90 Å². The first kappa shape index (κ1) is 18.2. The number of carbonyl (C=O) groups is 3. The van der Waals surface area contributed by atoms with Crippen molar-refractivity contribution in [2.45, 2.75) is 6.54 Å². The van der Waals surface area contributed by atoms with Gasteiger partial charge in [0.15, 0.2) is 0 Å². The Morgan fingerprint density at radius 2 is 2.00 bits per heavy atom. The van der Waals surface area contributed by atoms with Crippen molar-refractivity contribution in [1.29, 1.82) is 0 Å². The molecule has 0 atom stereocenters. The summed E-state index contributed by atoms with van der Waals surface area (Å²) in [5.74, 6) is -2.11. The highest BCUT2D eigenvalue weighted by atomic mass is 35.5. The molecule has 0 unspecified atom stereocenters. The largest absolute Gasteiger partial charge is 0.478 e. The van der Waals surface area contributed by atoms with Crippen molar-refractivity contribution in [2.75, 3.05) is 0 Å². The van der Waals surface area contributed by atoms with Gasteiger partial charge in [-0.05, 0) is 53.2 Å². The van der Waals surface area contributed by atoms with E-state index >= 15 is 0 Å². The van der Waals surface area contributed by atoms with E-state index in [-0.39, 0.29) is 22.0 Å². The minimum atomic E-state index is -1.08. The lowest BCUT2D eigenvalue weighted by Gasteiger charge is -2.13. The molecule has 0 aromatic heterocycles. The van der Waals surface area contributed by atoms with Crippen molar-refractivity contribution in [2.24, 2.45) is 0 Å². The first-order valence-corrected chi connectivity index (χ1v) is 8.57. The van der Waals surface area contributed by atoms with Gasteiger partial charge in [0.1, 0.15) is 5.82 Å². The van der Waals surface area contributed by atoms with Crippen LogP contribution >= 0.6 is 23.4 Å². The smallest absolute Gasteiger partial charge is 0.335 e. The maximum atomic E-state index is 13.1. The molecular weight excluding hydrogens is 381 g/mol. The van der Waals surface area contributed by atoms with Crippen molar-refractivity contribution in [3.8, 4) is 0 Å². The number of nitrogens with zero attached hydrogens (tertiary/aromatic N) is 1. The number of benzene rings is 2. The van der Waals surface area contributed by atoms with E-state index in [1.807, 2.05) is 0 Å². The van der Waals surface area contributed by atoms with Crippen LogP contribution in [0.1, 0.15) is 21.5 Å². The molecule has 1 aliphatic rings. The van der Waals surface area contributed by atoms with Crippen molar-refractivity contribution in [3.63, 3.8) is 0 Å². The van der Waals surface area contributed by atoms with Crippen molar-refractivity contribution >= 4 is 46.6 Å². The number of carboxylic acid groups (broad SMARTS) is 1. The van der Waals surface area contributed by atoms with Gasteiger partial charge in [0.05, 0.1) is 17.0 Å². The van der Waals surface area contributed by atoms with Crippen LogP contribution < -0.4 is 0 Å². The van der Waals surface area contributed by atoms with Crippen LogP contribution in [0.2, 0.25) is 5.02 Å². The van der Waals surface area contributed by atoms with Crippen molar-refractivity contribution < 1.29 is 23.9 Å². The van der Waals surface area contributed by atoms with E-state index in [0.717, 1.165) is 22.7 Å². The molecular formula is C18H11ClFNO4S. The summed E-state index contributed by atoms with van der Waals surface area (Å²) in [4.78, 5) is 36.9. The van der Waals surface area contributed by atoms with Crippen LogP contribution in [0.3, 0.4) is 0 Å². The second-order valence-corrected chi connectivity index (χ2v) is 6.83. The van der Waals surface area contributed by atoms with Gasteiger partial charge in [-0.3, -0.25) is 14.5 Å². The van der Waals surface area contributed by atoms with Gasteiger partial charge in [0.25, 0.3) is 11.1 Å². The van der Waals surface area contributed by atoms with Gasteiger partial charge in [-0.15, -0.1) is 0 Å². The summed E-state index contributed by atoms with van der Waals surface area (Å²) in [5.41, 5.74) is 1.02. The summed E-state index contributed by atoms with van der Waals surface area (Å²) >= 11 is 6.70. The summed E-state index contributed by atoms with van der Waals surface area (Å²) in [5, 5.41) is 8.67. The highest BCUT2D eigenvalue weighted by Crippen LogP contribution is 2.34. The Hall–Kier alpha value is -2.64. The molecule has 1 heterocycles. The van der Waals surface area contributed by atoms with Crippen LogP contribution in [0.4, 0.5) is 9.18 Å². The molecule has 0 radical (unpaired) electrons. The molecule has 2 amide bonds. The number of hydrogen-bond donors (Lipinski definition) is 1. The standard InChI is InChI=1S/C18H11ClFNO4S/c19-14-8-13(20)5-4-12(14)9-21-16(22)15(26-18(21)25)7-10-2-1-3-11(6-10)17(23)24/h1-8H,9H2,(H,23,24)/b15-7-. The number of carboxylic acids is 1. The number of thioether (sulfide) groups is 1. The monoisotopic (exact) mass is 391 g/mol. The molecule has 2 aromatic carbocycles. The second kappa shape index (κ2) is 7.31. The van der Waals surface area contributed by atoms with Crippen LogP contribution in [0.15, 0.2) is 47.4 Å². The van der Waals surface area contributed by atoms with Gasteiger partial charge in [-0.1, -0.05) is 29.8 Å². The minimum absolute atomic E-state index is 0.0731. The summed E-state index contributed by atoms with van der Waals surface area (Å²) in [6.45, 7) is -0.0731. The lowest BCUT2D eigenvalue weighted by molar-refractivity contribution is -0.123. The molecule has 0 saturated carbocycles. The first-order chi connectivity index (χ1) is 12.3. The number of amides is 2. The molecule has 8 heteroatoms. The van der Waals surface area contributed by atoms with E-state index < -0.39 is 22.9 Å². The van der Waals surface area contributed by atoms with Gasteiger partial charge < -0.3 is 5.11 Å². The fraction of sp³-hybridized carbons (Fsp3) is 0.0556. The zero-order valence-corrected chi connectivity index (χ0v) is 14.7. The topological polar surface area (TPSA) is 74.7 Å². The third-order valence-electron chi connectivity index (χ3n) is 3.65. The van der Waals surface area contributed by atoms with E-state index in [0.29, 0.717) is 11.1 Å². The Bertz CT molecular complexity index is 960. The van der Waals surface area contributed by atoms with Gasteiger partial charge in [0, 0.05) is 5.02 Å². The van der Waals surface area contributed by atoms with E-state index in [9.17, 15) is 18.8 Å². The fourth-order valence-corrected chi connectivity index (χ4v) is 3.43. The summed E-state index contributed by atoms with van der Waals surface area (Å²) < 4.78 is 13.1. The lowest BCUT2D eigenvalue weighted by atomic mass is 10.1. The summed E-state index contributed by atoms with van der Waals surface area (Å²) in [6, 6.07) is 9.77. The van der Waals surface area contributed by atoms with Gasteiger partial charge in [0.2, 0.25) is 0 Å². The number of halogens is 2. The summed E-state index contributed by atoms with van der Waals surface area (Å²) in [6.07, 6.45) is 1.46. The molecule has 26 heavy (non-hydrogen) atoms. The van der Waals surface area contributed by atoms with Gasteiger partial charge >= 0.3 is 5.97 Å². The van der Waals surface area contributed by atoms with Gasteiger partial charge in [-0.25, -0.2) is 9.18 Å². The third kappa shape index (κ3) is 3.79. The molecule has 3 rings (SSSR count). The highest BCUT2D eigenvalue weighted by molar-refractivity contribution is 8.18. The Morgan fingerprint density at radius 3 is 2.69 bits per heavy atom. The molecule has 0 aliphatic carbocycles. The minimum Gasteiger partial charge on any atom is -0.478 e. The van der Waals surface area contributed by atoms with Crippen LogP contribution in [-0.4, -0.2) is 27.1 Å². The Kier molecular flexibility index (Phi) is 5.11. The molecule has 5 nitrogen and oxygen atoms in total. The number of imide groups is 1. The SMILES string of the molecule is O=C(O)c1cccc(/C=C2\SC(=O)N(Cc3ccc(F)cc3Cl)C2=O)c1. The van der Waals surface area contributed by atoms with Crippen molar-refractivity contribution in [3.05, 3.63) is 74.9 Å². The first-order valence-electron chi connectivity index (χ1n) is 7.38. The predicted octanol–water partition coefficient (Wildman–Crippen LogP) is 4.41. The maximum absolute atomic E-state index is 13.1. The lowest BCUT2D eigenvalue weighted by Crippen LogP contribution is -2.27. The van der Waals surface area contributed by atoms with Crippen LogP contribution in [0.5, 0.6) is 0 Å². The Labute approximate surface area is 157 Å². The van der Waals surface area contributed by atoms with Crippen LogP contribution in [0, 0.1) is 5.82 Å². The molecule has 2 aromatic rings. The van der Waals surface area contributed by atoms with E-state index in [2.05, 4.69) is 0 Å². The predicted molar refractivity (Wildman–Crippen MR) is 96.3 cm³/mol. The van der Waals surface area contributed by atoms with Gasteiger partial charge in [-0.2, -0.15) is 0 Å².